The van der Waals surface area contributed by atoms with Gasteiger partial charge in [-0.25, -0.2) is 9.67 Å². The van der Waals surface area contributed by atoms with Crippen LogP contribution in [0.1, 0.15) is 18.9 Å². The van der Waals surface area contributed by atoms with Gasteiger partial charge >= 0.3 is 0 Å². The number of pyridine rings is 1. The van der Waals surface area contributed by atoms with Crippen molar-refractivity contribution in [1.29, 1.82) is 5.41 Å². The monoisotopic (exact) mass is 334 g/mol. The molecule has 1 fully saturated rings. The molecule has 0 saturated carbocycles. The van der Waals surface area contributed by atoms with Gasteiger partial charge in [-0.3, -0.25) is 15.1 Å². The van der Waals surface area contributed by atoms with E-state index in [4.69, 9.17) is 5.41 Å². The molecule has 3 aromatic rings. The Hall–Kier alpha value is -3.22. The van der Waals surface area contributed by atoms with Gasteiger partial charge in [-0.15, -0.1) is 0 Å². The van der Waals surface area contributed by atoms with Crippen molar-refractivity contribution in [1.82, 2.24) is 25.0 Å². The molecular weight excluding hydrogens is 316 g/mol. The van der Waals surface area contributed by atoms with Gasteiger partial charge < -0.3 is 5.32 Å². The van der Waals surface area contributed by atoms with Gasteiger partial charge in [-0.1, -0.05) is 12.1 Å². The Morgan fingerprint density at radius 1 is 1.28 bits per heavy atom. The van der Waals surface area contributed by atoms with Crippen molar-refractivity contribution in [3.05, 3.63) is 54.4 Å². The molecule has 126 valence electrons. The zero-order valence-electron chi connectivity index (χ0n) is 14.0. The first kappa shape index (κ1) is 15.3. The van der Waals surface area contributed by atoms with Gasteiger partial charge in [0.1, 0.15) is 0 Å². The topological polar surface area (TPSA) is 86.9 Å². The average molecular weight is 334 g/mol. The lowest BCUT2D eigenvalue weighted by molar-refractivity contribution is -0.129. The molecule has 1 atom stereocenters. The fourth-order valence-corrected chi connectivity index (χ4v) is 3.15. The third-order valence-corrected chi connectivity index (χ3v) is 4.68. The van der Waals surface area contributed by atoms with Crippen molar-refractivity contribution in [3.8, 4) is 5.82 Å². The molecule has 2 N–H and O–H groups in total. The first-order valence-corrected chi connectivity index (χ1v) is 8.01. The zero-order valence-corrected chi connectivity index (χ0v) is 14.0. The Balaban J connectivity index is 1.76. The molecular formula is C18H18N6O. The van der Waals surface area contributed by atoms with E-state index in [9.17, 15) is 4.79 Å². The van der Waals surface area contributed by atoms with Crippen molar-refractivity contribution in [2.24, 2.45) is 0 Å². The number of aromatic nitrogens is 3. The first-order valence-electron chi connectivity index (χ1n) is 8.01. The summed E-state index contributed by atoms with van der Waals surface area (Å²) in [6, 6.07) is 11.7. The van der Waals surface area contributed by atoms with Crippen LogP contribution in [0, 0.1) is 5.41 Å². The van der Waals surface area contributed by atoms with Crippen LogP contribution >= 0.6 is 0 Å². The molecule has 7 heteroatoms. The molecule has 0 aliphatic carbocycles. The molecule has 1 saturated heterocycles. The van der Waals surface area contributed by atoms with E-state index in [1.807, 2.05) is 43.3 Å². The third-order valence-electron chi connectivity index (χ3n) is 4.68. The molecule has 2 aromatic heterocycles. The van der Waals surface area contributed by atoms with Crippen molar-refractivity contribution < 1.29 is 4.79 Å². The van der Waals surface area contributed by atoms with Crippen LogP contribution in [-0.2, 0) is 10.3 Å². The molecule has 25 heavy (non-hydrogen) atoms. The molecule has 1 aliphatic heterocycles. The van der Waals surface area contributed by atoms with Gasteiger partial charge in [-0.05, 0) is 36.8 Å². The summed E-state index contributed by atoms with van der Waals surface area (Å²) < 4.78 is 1.79. The maximum Gasteiger partial charge on any atom is 0.231 e. The summed E-state index contributed by atoms with van der Waals surface area (Å²) >= 11 is 0. The first-order chi connectivity index (χ1) is 12.0. The van der Waals surface area contributed by atoms with Crippen LogP contribution < -0.4 is 5.32 Å². The van der Waals surface area contributed by atoms with Crippen LogP contribution in [0.3, 0.4) is 0 Å². The van der Waals surface area contributed by atoms with Crippen LogP contribution in [0.15, 0.2) is 48.8 Å². The van der Waals surface area contributed by atoms with E-state index in [0.717, 1.165) is 22.3 Å². The Morgan fingerprint density at radius 3 is 2.84 bits per heavy atom. The Morgan fingerprint density at radius 2 is 2.12 bits per heavy atom. The summed E-state index contributed by atoms with van der Waals surface area (Å²) in [5.41, 5.74) is 1.29. The number of fused-ring (bicyclic) bond motifs is 1. The summed E-state index contributed by atoms with van der Waals surface area (Å²) in [5, 5.41) is 16.5. The summed E-state index contributed by atoms with van der Waals surface area (Å²) in [4.78, 5) is 17.8. The Bertz CT molecular complexity index is 960. The fourth-order valence-electron chi connectivity index (χ4n) is 3.15. The van der Waals surface area contributed by atoms with E-state index in [1.54, 1.807) is 24.1 Å². The van der Waals surface area contributed by atoms with Crippen molar-refractivity contribution in [2.75, 3.05) is 7.05 Å². The maximum absolute atomic E-state index is 12.2. The maximum atomic E-state index is 12.2. The molecule has 4 rings (SSSR count). The normalized spacial score (nSPS) is 20.8. The van der Waals surface area contributed by atoms with Gasteiger partial charge in [0, 0.05) is 18.6 Å². The number of nitrogens with one attached hydrogen (secondary N) is 2. The van der Waals surface area contributed by atoms with Crippen molar-refractivity contribution in [3.63, 3.8) is 0 Å². The molecule has 1 aromatic carbocycles. The van der Waals surface area contributed by atoms with Gasteiger partial charge in [0.25, 0.3) is 0 Å². The highest BCUT2D eigenvalue weighted by Crippen LogP contribution is 2.31. The minimum Gasteiger partial charge on any atom is -0.346 e. The number of carbonyl (C=O) groups excluding carboxylic acids is 1. The molecule has 7 nitrogen and oxygen atoms in total. The van der Waals surface area contributed by atoms with Crippen LogP contribution in [0.25, 0.3) is 16.7 Å². The smallest absolute Gasteiger partial charge is 0.231 e. The van der Waals surface area contributed by atoms with Gasteiger partial charge in [-0.2, -0.15) is 5.10 Å². The fraction of sp³-hybridized carbons (Fsp3) is 0.222. The molecule has 0 bridgehead atoms. The summed E-state index contributed by atoms with van der Waals surface area (Å²) in [6.07, 6.45) is 3.82. The van der Waals surface area contributed by atoms with Crippen molar-refractivity contribution in [2.45, 2.75) is 18.9 Å². The number of benzene rings is 1. The third kappa shape index (κ3) is 2.44. The summed E-state index contributed by atoms with van der Waals surface area (Å²) in [5.74, 6) is 0.796. The summed E-state index contributed by atoms with van der Waals surface area (Å²) in [6.45, 7) is 1.94. The number of guanidine groups is 1. The number of carbonyl (C=O) groups is 1. The zero-order chi connectivity index (χ0) is 17.6. The number of nitrogens with zero attached hydrogens (tertiary/aromatic N) is 4. The largest absolute Gasteiger partial charge is 0.346 e. The van der Waals surface area contributed by atoms with Crippen LogP contribution in [0.4, 0.5) is 0 Å². The highest BCUT2D eigenvalue weighted by molar-refractivity contribution is 5.99. The molecule has 3 heterocycles. The van der Waals surface area contributed by atoms with Crippen molar-refractivity contribution >= 4 is 22.8 Å². The van der Waals surface area contributed by atoms with Gasteiger partial charge in [0.15, 0.2) is 11.8 Å². The lowest BCUT2D eigenvalue weighted by Crippen LogP contribution is -2.58. The molecule has 0 radical (unpaired) electrons. The van der Waals surface area contributed by atoms with E-state index in [2.05, 4.69) is 15.4 Å². The molecule has 1 aliphatic rings. The second kappa shape index (κ2) is 5.41. The summed E-state index contributed by atoms with van der Waals surface area (Å²) in [7, 11) is 1.61. The standard InChI is InChI=1S/C18H18N6O/c1-18(10-16(25)23(2)17(19)22-18)13-6-7-14-12(9-13)11-21-24(14)15-5-3-4-8-20-15/h3-9,11H,10H2,1-2H3,(H2,19,22)/t18-/m0/s1. The number of rotatable bonds is 2. The van der Waals surface area contributed by atoms with Gasteiger partial charge in [0.2, 0.25) is 5.91 Å². The minimum absolute atomic E-state index is 0.0736. The van der Waals surface area contributed by atoms with E-state index in [-0.39, 0.29) is 11.9 Å². The van der Waals surface area contributed by atoms with Crippen LogP contribution in [0.5, 0.6) is 0 Å². The minimum atomic E-state index is -0.609. The number of hydrogen-bond acceptors (Lipinski definition) is 4. The Kier molecular flexibility index (Phi) is 3.31. The SMILES string of the molecule is CN1C(=N)N[C@](C)(c2ccc3c(cnn3-c3ccccn3)c2)CC1=O. The molecule has 0 spiro atoms. The quantitative estimate of drug-likeness (QED) is 0.751. The van der Waals surface area contributed by atoms with Gasteiger partial charge in [0.05, 0.1) is 23.7 Å². The van der Waals surface area contributed by atoms with Crippen LogP contribution in [-0.4, -0.2) is 38.6 Å². The van der Waals surface area contributed by atoms with E-state index in [1.165, 1.54) is 4.90 Å². The number of amides is 1. The second-order valence-corrected chi connectivity index (χ2v) is 6.45. The predicted octanol–water partition coefficient (Wildman–Crippen LogP) is 2.02. The van der Waals surface area contributed by atoms with Crippen LogP contribution in [0.2, 0.25) is 0 Å². The Labute approximate surface area is 144 Å². The molecule has 1 amide bonds. The van der Waals surface area contributed by atoms with E-state index < -0.39 is 5.54 Å². The van der Waals surface area contributed by atoms with E-state index in [0.29, 0.717) is 6.42 Å². The number of hydrogen-bond donors (Lipinski definition) is 2. The highest BCUT2D eigenvalue weighted by atomic mass is 16.2. The molecule has 0 unspecified atom stereocenters. The average Bonchev–Trinajstić information content (AvgIpc) is 3.03. The lowest BCUT2D eigenvalue weighted by atomic mass is 9.86. The lowest BCUT2D eigenvalue weighted by Gasteiger charge is -2.39. The highest BCUT2D eigenvalue weighted by Gasteiger charge is 2.38. The van der Waals surface area contributed by atoms with E-state index >= 15 is 0 Å². The predicted molar refractivity (Wildman–Crippen MR) is 94.5 cm³/mol. The second-order valence-electron chi connectivity index (χ2n) is 6.45.